The number of ether oxygens (including phenoxy) is 1. The average Bonchev–Trinajstić information content (AvgIpc) is 3.36. The van der Waals surface area contributed by atoms with Crippen LogP contribution in [-0.2, 0) is 22.5 Å². The number of hydrogen-bond acceptors (Lipinski definition) is 3. The van der Waals surface area contributed by atoms with Crippen LogP contribution in [0.5, 0.6) is 0 Å². The summed E-state index contributed by atoms with van der Waals surface area (Å²) >= 11 is 0. The topological polar surface area (TPSA) is 47.4 Å². The zero-order valence-electron chi connectivity index (χ0n) is 13.6. The van der Waals surface area contributed by atoms with Crippen molar-refractivity contribution in [3.8, 4) is 0 Å². The van der Waals surface area contributed by atoms with Gasteiger partial charge in [-0.2, -0.15) is 8.78 Å². The third kappa shape index (κ3) is 3.16. The van der Waals surface area contributed by atoms with Crippen LogP contribution in [0.2, 0.25) is 0 Å². The standard InChI is InChI=1S/C18H19F2N3O2/c19-18(20)22-9-8-21-15(22)11-23(13-5-6-13)17(24)16-14-4-2-1-3-12(14)7-10-25-16/h1-4,8-9,13,16,18H,5-7,10-11H2/t16-/m1/s1. The molecule has 4 rings (SSSR count). The molecular formula is C18H19F2N3O2. The molecule has 1 saturated carbocycles. The summed E-state index contributed by atoms with van der Waals surface area (Å²) < 4.78 is 32.7. The number of rotatable bonds is 5. The zero-order chi connectivity index (χ0) is 17.4. The van der Waals surface area contributed by atoms with E-state index in [2.05, 4.69) is 4.98 Å². The molecule has 0 N–H and O–H groups in total. The molecule has 1 aliphatic heterocycles. The third-order valence-electron chi connectivity index (χ3n) is 4.76. The minimum Gasteiger partial charge on any atom is -0.363 e. The van der Waals surface area contributed by atoms with Crippen molar-refractivity contribution in [1.29, 1.82) is 0 Å². The highest BCUT2D eigenvalue weighted by Crippen LogP contribution is 2.35. The van der Waals surface area contributed by atoms with Gasteiger partial charge in [0, 0.05) is 18.4 Å². The van der Waals surface area contributed by atoms with E-state index in [0.29, 0.717) is 6.61 Å². The maximum atomic E-state index is 13.1. The maximum Gasteiger partial charge on any atom is 0.319 e. The SMILES string of the molecule is O=C([C@@H]1OCCc2ccccc21)N(Cc1nccn1C(F)F)C1CC1. The smallest absolute Gasteiger partial charge is 0.319 e. The molecule has 0 spiro atoms. The van der Waals surface area contributed by atoms with E-state index in [1.165, 1.54) is 12.4 Å². The summed E-state index contributed by atoms with van der Waals surface area (Å²) in [6, 6.07) is 7.82. The summed E-state index contributed by atoms with van der Waals surface area (Å²) in [6.45, 7) is -2.11. The molecule has 25 heavy (non-hydrogen) atoms. The largest absolute Gasteiger partial charge is 0.363 e. The predicted octanol–water partition coefficient (Wildman–Crippen LogP) is 3.08. The Hall–Kier alpha value is -2.28. The number of carbonyl (C=O) groups excluding carboxylic acids is 1. The van der Waals surface area contributed by atoms with Crippen LogP contribution in [0.3, 0.4) is 0 Å². The molecule has 1 aromatic carbocycles. The second kappa shape index (κ2) is 6.55. The monoisotopic (exact) mass is 347 g/mol. The minimum atomic E-state index is -2.67. The van der Waals surface area contributed by atoms with E-state index in [1.54, 1.807) is 4.90 Å². The first kappa shape index (κ1) is 16.2. The lowest BCUT2D eigenvalue weighted by Crippen LogP contribution is -2.39. The first-order chi connectivity index (χ1) is 12.1. The highest BCUT2D eigenvalue weighted by Gasteiger charge is 2.39. The summed E-state index contributed by atoms with van der Waals surface area (Å²) in [7, 11) is 0. The van der Waals surface area contributed by atoms with Gasteiger partial charge in [0.05, 0.1) is 13.2 Å². The molecular weight excluding hydrogens is 328 g/mol. The molecule has 0 radical (unpaired) electrons. The normalized spacial score (nSPS) is 19.7. The first-order valence-electron chi connectivity index (χ1n) is 8.45. The van der Waals surface area contributed by atoms with Gasteiger partial charge in [0.25, 0.3) is 5.91 Å². The Kier molecular flexibility index (Phi) is 4.25. The summed E-state index contributed by atoms with van der Waals surface area (Å²) in [5.74, 6) is 0.0258. The Morgan fingerprint density at radius 3 is 2.92 bits per heavy atom. The van der Waals surface area contributed by atoms with Crippen molar-refractivity contribution in [1.82, 2.24) is 14.5 Å². The minimum absolute atomic E-state index is 0.0723. The van der Waals surface area contributed by atoms with E-state index in [1.807, 2.05) is 24.3 Å². The molecule has 0 bridgehead atoms. The van der Waals surface area contributed by atoms with Crippen molar-refractivity contribution in [2.75, 3.05) is 6.61 Å². The molecule has 1 fully saturated rings. The number of alkyl halides is 2. The van der Waals surface area contributed by atoms with Gasteiger partial charge in [0.2, 0.25) is 0 Å². The van der Waals surface area contributed by atoms with Crippen LogP contribution in [0, 0.1) is 0 Å². The number of amides is 1. The van der Waals surface area contributed by atoms with Crippen molar-refractivity contribution in [3.05, 3.63) is 53.6 Å². The molecule has 5 nitrogen and oxygen atoms in total. The van der Waals surface area contributed by atoms with Gasteiger partial charge in [-0.15, -0.1) is 0 Å². The Bertz CT molecular complexity index is 773. The maximum absolute atomic E-state index is 13.1. The van der Waals surface area contributed by atoms with Gasteiger partial charge in [-0.3, -0.25) is 9.36 Å². The van der Waals surface area contributed by atoms with Crippen LogP contribution < -0.4 is 0 Å². The predicted molar refractivity (Wildman–Crippen MR) is 85.9 cm³/mol. The molecule has 1 atom stereocenters. The van der Waals surface area contributed by atoms with Crippen LogP contribution in [0.25, 0.3) is 0 Å². The fourth-order valence-corrected chi connectivity index (χ4v) is 3.32. The molecule has 1 amide bonds. The zero-order valence-corrected chi connectivity index (χ0v) is 13.6. The van der Waals surface area contributed by atoms with Gasteiger partial charge < -0.3 is 9.64 Å². The van der Waals surface area contributed by atoms with E-state index >= 15 is 0 Å². The molecule has 0 unspecified atom stereocenters. The number of imidazole rings is 1. The van der Waals surface area contributed by atoms with E-state index in [4.69, 9.17) is 4.74 Å². The van der Waals surface area contributed by atoms with Crippen LogP contribution in [-0.4, -0.2) is 33.0 Å². The van der Waals surface area contributed by atoms with Crippen LogP contribution in [0.1, 0.15) is 42.4 Å². The number of aromatic nitrogens is 2. The Balaban J connectivity index is 1.60. The summed E-state index contributed by atoms with van der Waals surface area (Å²) in [5.41, 5.74) is 1.98. The van der Waals surface area contributed by atoms with Gasteiger partial charge in [-0.05, 0) is 30.4 Å². The van der Waals surface area contributed by atoms with Crippen molar-refractivity contribution in [2.24, 2.45) is 0 Å². The molecule has 2 heterocycles. The molecule has 0 saturated heterocycles. The number of hydrogen-bond donors (Lipinski definition) is 0. The lowest BCUT2D eigenvalue weighted by molar-refractivity contribution is -0.146. The highest BCUT2D eigenvalue weighted by molar-refractivity contribution is 5.83. The molecule has 7 heteroatoms. The average molecular weight is 347 g/mol. The number of nitrogens with zero attached hydrogens (tertiary/aromatic N) is 3. The fraction of sp³-hybridized carbons (Fsp3) is 0.444. The fourth-order valence-electron chi connectivity index (χ4n) is 3.32. The molecule has 2 aromatic rings. The van der Waals surface area contributed by atoms with E-state index in [9.17, 15) is 13.6 Å². The van der Waals surface area contributed by atoms with E-state index in [-0.39, 0.29) is 24.3 Å². The van der Waals surface area contributed by atoms with Crippen molar-refractivity contribution in [3.63, 3.8) is 0 Å². The van der Waals surface area contributed by atoms with Crippen molar-refractivity contribution < 1.29 is 18.3 Å². The van der Waals surface area contributed by atoms with Crippen molar-refractivity contribution in [2.45, 2.75) is 44.5 Å². The molecule has 132 valence electrons. The Morgan fingerprint density at radius 1 is 1.36 bits per heavy atom. The Morgan fingerprint density at radius 2 is 2.16 bits per heavy atom. The Labute approximate surface area is 144 Å². The number of benzene rings is 1. The quantitative estimate of drug-likeness (QED) is 0.835. The third-order valence-corrected chi connectivity index (χ3v) is 4.76. The van der Waals surface area contributed by atoms with Gasteiger partial charge >= 0.3 is 6.55 Å². The summed E-state index contributed by atoms with van der Waals surface area (Å²) in [4.78, 5) is 18.8. The number of carbonyl (C=O) groups is 1. The van der Waals surface area contributed by atoms with Gasteiger partial charge in [-0.25, -0.2) is 4.98 Å². The van der Waals surface area contributed by atoms with E-state index < -0.39 is 12.7 Å². The second-order valence-electron chi connectivity index (χ2n) is 6.43. The van der Waals surface area contributed by atoms with Gasteiger partial charge in [0.1, 0.15) is 5.82 Å². The van der Waals surface area contributed by atoms with E-state index in [0.717, 1.165) is 35.0 Å². The summed E-state index contributed by atoms with van der Waals surface area (Å²) in [6.07, 6.45) is 4.45. The second-order valence-corrected chi connectivity index (χ2v) is 6.43. The number of halogens is 2. The lowest BCUT2D eigenvalue weighted by atomic mass is 9.97. The molecule has 1 aliphatic carbocycles. The first-order valence-corrected chi connectivity index (χ1v) is 8.45. The van der Waals surface area contributed by atoms with Crippen LogP contribution >= 0.6 is 0 Å². The number of fused-ring (bicyclic) bond motifs is 1. The van der Waals surface area contributed by atoms with Gasteiger partial charge in [-0.1, -0.05) is 24.3 Å². The molecule has 1 aromatic heterocycles. The van der Waals surface area contributed by atoms with Gasteiger partial charge in [0.15, 0.2) is 6.10 Å². The van der Waals surface area contributed by atoms with Crippen LogP contribution in [0.4, 0.5) is 8.78 Å². The van der Waals surface area contributed by atoms with Crippen molar-refractivity contribution >= 4 is 5.91 Å². The summed E-state index contributed by atoms with van der Waals surface area (Å²) in [5, 5.41) is 0. The highest BCUT2D eigenvalue weighted by atomic mass is 19.3. The van der Waals surface area contributed by atoms with Crippen LogP contribution in [0.15, 0.2) is 36.7 Å². The molecule has 2 aliphatic rings. The lowest BCUT2D eigenvalue weighted by Gasteiger charge is -2.31.